The highest BCUT2D eigenvalue weighted by Crippen LogP contribution is 2.25. The molecule has 1 heterocycles. The average Bonchev–Trinajstić information content (AvgIpc) is 2.65. The van der Waals surface area contributed by atoms with Gasteiger partial charge in [-0.05, 0) is 42.5 Å². The minimum Gasteiger partial charge on any atom is -0.368 e. The number of halogens is 3. The predicted octanol–water partition coefficient (Wildman–Crippen LogP) is 3.42. The Morgan fingerprint density at radius 3 is 2.19 bits per heavy atom. The molecule has 1 aliphatic rings. The molecule has 1 fully saturated rings. The van der Waals surface area contributed by atoms with Crippen LogP contribution >= 0.6 is 23.2 Å². The fraction of sp³-hybridized carbons (Fsp3) is 0.222. The van der Waals surface area contributed by atoms with Crippen molar-refractivity contribution in [2.24, 2.45) is 0 Å². The molecule has 136 valence electrons. The van der Waals surface area contributed by atoms with Gasteiger partial charge in [-0.3, -0.25) is 9.59 Å². The average molecular weight is 396 g/mol. The van der Waals surface area contributed by atoms with Gasteiger partial charge in [-0.2, -0.15) is 0 Å². The van der Waals surface area contributed by atoms with Gasteiger partial charge in [-0.25, -0.2) is 4.39 Å². The number of hydrogen-bond donors (Lipinski definition) is 1. The van der Waals surface area contributed by atoms with E-state index in [2.05, 4.69) is 5.32 Å². The van der Waals surface area contributed by atoms with Gasteiger partial charge in [0.05, 0.1) is 10.0 Å². The van der Waals surface area contributed by atoms with Crippen molar-refractivity contribution in [2.45, 2.75) is 0 Å². The molecular weight excluding hydrogens is 380 g/mol. The third kappa shape index (κ3) is 4.26. The zero-order valence-electron chi connectivity index (χ0n) is 13.7. The molecule has 0 saturated carbocycles. The highest BCUT2D eigenvalue weighted by molar-refractivity contribution is 6.42. The smallest absolute Gasteiger partial charge is 0.313 e. The van der Waals surface area contributed by atoms with E-state index in [1.54, 1.807) is 24.3 Å². The molecule has 0 spiro atoms. The fourth-order valence-electron chi connectivity index (χ4n) is 2.72. The molecule has 2 amide bonds. The normalized spacial score (nSPS) is 14.3. The molecular formula is C18H16Cl2FN3O2. The second-order valence-corrected chi connectivity index (χ2v) is 6.65. The lowest BCUT2D eigenvalue weighted by molar-refractivity contribution is -0.143. The van der Waals surface area contributed by atoms with E-state index < -0.39 is 11.8 Å². The van der Waals surface area contributed by atoms with E-state index in [4.69, 9.17) is 23.2 Å². The molecule has 5 nitrogen and oxygen atoms in total. The van der Waals surface area contributed by atoms with Crippen LogP contribution in [0.5, 0.6) is 0 Å². The number of carbonyl (C=O) groups is 2. The Morgan fingerprint density at radius 1 is 0.923 bits per heavy atom. The van der Waals surface area contributed by atoms with E-state index in [9.17, 15) is 14.0 Å². The summed E-state index contributed by atoms with van der Waals surface area (Å²) in [5, 5.41) is 3.19. The maximum absolute atomic E-state index is 13.0. The Hall–Kier alpha value is -2.31. The zero-order chi connectivity index (χ0) is 18.7. The van der Waals surface area contributed by atoms with Gasteiger partial charge in [-0.15, -0.1) is 0 Å². The molecule has 0 unspecified atom stereocenters. The summed E-state index contributed by atoms with van der Waals surface area (Å²) in [6.07, 6.45) is 0. The first-order chi connectivity index (χ1) is 12.4. The number of nitrogens with zero attached hydrogens (tertiary/aromatic N) is 2. The van der Waals surface area contributed by atoms with E-state index in [0.717, 1.165) is 5.69 Å². The van der Waals surface area contributed by atoms with Crippen molar-refractivity contribution in [3.63, 3.8) is 0 Å². The van der Waals surface area contributed by atoms with Gasteiger partial charge in [0.2, 0.25) is 0 Å². The van der Waals surface area contributed by atoms with Gasteiger partial charge in [0.25, 0.3) is 0 Å². The summed E-state index contributed by atoms with van der Waals surface area (Å²) < 4.78 is 13.0. The number of amides is 2. The molecule has 1 aliphatic heterocycles. The maximum atomic E-state index is 13.0. The molecule has 0 atom stereocenters. The summed E-state index contributed by atoms with van der Waals surface area (Å²) >= 11 is 11.7. The molecule has 1 N–H and O–H groups in total. The largest absolute Gasteiger partial charge is 0.368 e. The van der Waals surface area contributed by atoms with Crippen LogP contribution in [-0.4, -0.2) is 42.9 Å². The van der Waals surface area contributed by atoms with Crippen LogP contribution in [0.3, 0.4) is 0 Å². The Labute approximate surface area is 160 Å². The van der Waals surface area contributed by atoms with E-state index in [1.807, 2.05) is 4.90 Å². The summed E-state index contributed by atoms with van der Waals surface area (Å²) in [7, 11) is 0. The topological polar surface area (TPSA) is 52.7 Å². The van der Waals surface area contributed by atoms with Gasteiger partial charge >= 0.3 is 11.8 Å². The lowest BCUT2D eigenvalue weighted by atomic mass is 10.2. The number of benzene rings is 2. The molecule has 0 aromatic heterocycles. The van der Waals surface area contributed by atoms with Crippen LogP contribution in [0.15, 0.2) is 42.5 Å². The summed E-state index contributed by atoms with van der Waals surface area (Å²) in [6, 6.07) is 10.8. The van der Waals surface area contributed by atoms with Gasteiger partial charge in [0, 0.05) is 37.6 Å². The molecule has 0 aliphatic carbocycles. The minimum atomic E-state index is -0.723. The molecule has 2 aromatic rings. The van der Waals surface area contributed by atoms with Gasteiger partial charge in [0.1, 0.15) is 5.82 Å². The molecule has 0 bridgehead atoms. The van der Waals surface area contributed by atoms with E-state index in [0.29, 0.717) is 41.9 Å². The van der Waals surface area contributed by atoms with Crippen molar-refractivity contribution < 1.29 is 14.0 Å². The number of rotatable bonds is 2. The third-order valence-corrected chi connectivity index (χ3v) is 4.87. The fourth-order valence-corrected chi connectivity index (χ4v) is 3.02. The monoisotopic (exact) mass is 395 g/mol. The summed E-state index contributed by atoms with van der Waals surface area (Å²) in [6.45, 7) is 1.95. The van der Waals surface area contributed by atoms with Crippen LogP contribution in [-0.2, 0) is 9.59 Å². The summed E-state index contributed by atoms with van der Waals surface area (Å²) in [5.74, 6) is -1.62. The molecule has 8 heteroatoms. The molecule has 0 radical (unpaired) electrons. The Balaban J connectivity index is 1.56. The SMILES string of the molecule is O=C(Nc1ccc(Cl)c(Cl)c1)C(=O)N1CCN(c2ccc(F)cc2)CC1. The predicted molar refractivity (Wildman–Crippen MR) is 100 cm³/mol. The maximum Gasteiger partial charge on any atom is 0.313 e. The van der Waals surface area contributed by atoms with Crippen molar-refractivity contribution in [1.29, 1.82) is 0 Å². The second kappa shape index (κ2) is 7.93. The Kier molecular flexibility index (Phi) is 5.64. The first kappa shape index (κ1) is 18.5. The van der Waals surface area contributed by atoms with Crippen molar-refractivity contribution in [3.05, 3.63) is 58.3 Å². The van der Waals surface area contributed by atoms with E-state index in [-0.39, 0.29) is 5.82 Å². The Morgan fingerprint density at radius 2 is 1.58 bits per heavy atom. The zero-order valence-corrected chi connectivity index (χ0v) is 15.2. The number of carbonyl (C=O) groups excluding carboxylic acids is 2. The van der Waals surface area contributed by atoms with Crippen LogP contribution in [0.25, 0.3) is 0 Å². The molecule has 3 rings (SSSR count). The third-order valence-electron chi connectivity index (χ3n) is 4.13. The quantitative estimate of drug-likeness (QED) is 0.792. The first-order valence-electron chi connectivity index (χ1n) is 8.00. The lowest BCUT2D eigenvalue weighted by Gasteiger charge is -2.35. The van der Waals surface area contributed by atoms with E-state index >= 15 is 0 Å². The van der Waals surface area contributed by atoms with Gasteiger partial charge in [-0.1, -0.05) is 23.2 Å². The second-order valence-electron chi connectivity index (χ2n) is 5.84. The molecule has 1 saturated heterocycles. The van der Waals surface area contributed by atoms with Crippen molar-refractivity contribution in [2.75, 3.05) is 36.4 Å². The van der Waals surface area contributed by atoms with Gasteiger partial charge in [0.15, 0.2) is 0 Å². The number of piperazine rings is 1. The first-order valence-corrected chi connectivity index (χ1v) is 8.75. The summed E-state index contributed by atoms with van der Waals surface area (Å²) in [5.41, 5.74) is 1.29. The molecule has 2 aromatic carbocycles. The van der Waals surface area contributed by atoms with Crippen LogP contribution < -0.4 is 10.2 Å². The number of nitrogens with one attached hydrogen (secondary N) is 1. The van der Waals surface area contributed by atoms with Crippen molar-refractivity contribution in [3.8, 4) is 0 Å². The van der Waals surface area contributed by atoms with Crippen LogP contribution in [0.4, 0.5) is 15.8 Å². The lowest BCUT2D eigenvalue weighted by Crippen LogP contribution is -2.51. The van der Waals surface area contributed by atoms with Gasteiger partial charge < -0.3 is 15.1 Å². The highest BCUT2D eigenvalue weighted by atomic mass is 35.5. The summed E-state index contributed by atoms with van der Waals surface area (Å²) in [4.78, 5) is 28.0. The Bertz CT molecular complexity index is 822. The van der Waals surface area contributed by atoms with Crippen LogP contribution in [0.1, 0.15) is 0 Å². The standard InChI is InChI=1S/C18H16Cl2FN3O2/c19-15-6-3-13(11-16(15)20)22-17(25)18(26)24-9-7-23(8-10-24)14-4-1-12(21)2-5-14/h1-6,11H,7-10H2,(H,22,25). The van der Waals surface area contributed by atoms with Crippen molar-refractivity contribution in [1.82, 2.24) is 4.90 Å². The number of anilines is 2. The minimum absolute atomic E-state index is 0.290. The highest BCUT2D eigenvalue weighted by Gasteiger charge is 2.26. The van der Waals surface area contributed by atoms with E-state index in [1.165, 1.54) is 23.1 Å². The van der Waals surface area contributed by atoms with Crippen molar-refractivity contribution >= 4 is 46.4 Å². The van der Waals surface area contributed by atoms with Crippen LogP contribution in [0, 0.1) is 5.82 Å². The molecule has 26 heavy (non-hydrogen) atoms. The van der Waals surface area contributed by atoms with Crippen LogP contribution in [0.2, 0.25) is 10.0 Å². The number of hydrogen-bond acceptors (Lipinski definition) is 3.